The summed E-state index contributed by atoms with van der Waals surface area (Å²) in [6.07, 6.45) is 0.643. The molecule has 0 spiro atoms. The number of carbonyl (C=O) groups is 1. The van der Waals surface area contributed by atoms with Gasteiger partial charge in [0.25, 0.3) is 0 Å². The van der Waals surface area contributed by atoms with Crippen molar-refractivity contribution in [2.24, 2.45) is 5.92 Å². The van der Waals surface area contributed by atoms with Crippen LogP contribution in [0, 0.1) is 5.92 Å². The molecular weight excluding hydrogens is 312 g/mol. The van der Waals surface area contributed by atoms with Crippen LogP contribution in [0.5, 0.6) is 0 Å². The minimum absolute atomic E-state index is 0.0390. The molecule has 0 aromatic heterocycles. The number of sulfone groups is 1. The van der Waals surface area contributed by atoms with Crippen LogP contribution in [0.1, 0.15) is 31.9 Å². The fraction of sp³-hybridized carbons (Fsp3) is 0.588. The molecule has 1 heterocycles. The van der Waals surface area contributed by atoms with Crippen LogP contribution in [-0.4, -0.2) is 50.4 Å². The van der Waals surface area contributed by atoms with Crippen molar-refractivity contribution in [3.05, 3.63) is 35.9 Å². The monoisotopic (exact) mass is 338 g/mol. The summed E-state index contributed by atoms with van der Waals surface area (Å²) in [7, 11) is -2.90. The van der Waals surface area contributed by atoms with Crippen LogP contribution in [0.15, 0.2) is 30.3 Å². The smallest absolute Gasteiger partial charge is 0.241 e. The molecule has 1 aromatic carbocycles. The summed E-state index contributed by atoms with van der Waals surface area (Å²) in [5.74, 6) is 0.418. The van der Waals surface area contributed by atoms with Crippen LogP contribution in [0.3, 0.4) is 0 Å². The van der Waals surface area contributed by atoms with Crippen LogP contribution in [0.2, 0.25) is 0 Å². The maximum atomic E-state index is 12.7. The van der Waals surface area contributed by atoms with Gasteiger partial charge in [0, 0.05) is 6.54 Å². The fourth-order valence-electron chi connectivity index (χ4n) is 3.13. The number of nitrogens with one attached hydrogen (secondary N) is 1. The zero-order valence-corrected chi connectivity index (χ0v) is 14.7. The Morgan fingerprint density at radius 1 is 1.26 bits per heavy atom. The topological polar surface area (TPSA) is 66.5 Å². The number of nitrogens with zero attached hydrogens (tertiary/aromatic N) is 1. The summed E-state index contributed by atoms with van der Waals surface area (Å²) in [5.41, 5.74) is 0.966. The minimum Gasteiger partial charge on any atom is -0.354 e. The average molecular weight is 338 g/mol. The Kier molecular flexibility index (Phi) is 6.18. The van der Waals surface area contributed by atoms with Gasteiger partial charge in [-0.3, -0.25) is 9.69 Å². The number of rotatable bonds is 7. The van der Waals surface area contributed by atoms with Gasteiger partial charge in [0.2, 0.25) is 5.91 Å². The summed E-state index contributed by atoms with van der Waals surface area (Å²) in [4.78, 5) is 14.8. The molecule has 2 atom stereocenters. The summed E-state index contributed by atoms with van der Waals surface area (Å²) >= 11 is 0. The van der Waals surface area contributed by atoms with Crippen molar-refractivity contribution in [2.45, 2.75) is 26.3 Å². The van der Waals surface area contributed by atoms with Crippen molar-refractivity contribution >= 4 is 15.7 Å². The first-order valence-corrected chi connectivity index (χ1v) is 10.1. The molecule has 128 valence electrons. The standard InChI is InChI=1S/C17H26N2O3S/c1-3-19(4-2)16(15-8-6-5-7-9-15)17(20)18-12-14-10-11-23(21,22)13-14/h5-9,14,16H,3-4,10-13H2,1-2H3,(H,18,20). The van der Waals surface area contributed by atoms with E-state index in [-0.39, 0.29) is 29.4 Å². The summed E-state index contributed by atoms with van der Waals surface area (Å²) in [5, 5.41) is 2.97. The Balaban J connectivity index is 2.05. The van der Waals surface area contributed by atoms with Crippen LogP contribution in [0.25, 0.3) is 0 Å². The van der Waals surface area contributed by atoms with Crippen molar-refractivity contribution in [1.82, 2.24) is 10.2 Å². The second-order valence-electron chi connectivity index (χ2n) is 6.05. The molecule has 2 unspecified atom stereocenters. The Bertz CT molecular complexity index is 612. The first-order valence-electron chi connectivity index (χ1n) is 8.24. The van der Waals surface area contributed by atoms with Crippen molar-refractivity contribution in [3.8, 4) is 0 Å². The van der Waals surface area contributed by atoms with Crippen LogP contribution in [0.4, 0.5) is 0 Å². The van der Waals surface area contributed by atoms with E-state index in [9.17, 15) is 13.2 Å². The normalized spacial score (nSPS) is 21.3. The molecule has 0 aliphatic carbocycles. The number of likely N-dealkylation sites (N-methyl/N-ethyl adjacent to an activating group) is 1. The van der Waals surface area contributed by atoms with Gasteiger partial charge in [-0.05, 0) is 31.0 Å². The number of amides is 1. The Morgan fingerprint density at radius 3 is 2.43 bits per heavy atom. The van der Waals surface area contributed by atoms with Crippen LogP contribution >= 0.6 is 0 Å². The quantitative estimate of drug-likeness (QED) is 0.820. The molecule has 2 rings (SSSR count). The Morgan fingerprint density at radius 2 is 1.91 bits per heavy atom. The molecule has 1 amide bonds. The molecule has 1 aromatic rings. The molecule has 1 N–H and O–H groups in total. The molecule has 0 bridgehead atoms. The van der Waals surface area contributed by atoms with Gasteiger partial charge < -0.3 is 5.32 Å². The summed E-state index contributed by atoms with van der Waals surface area (Å²) < 4.78 is 23.0. The van der Waals surface area contributed by atoms with Gasteiger partial charge in [0.15, 0.2) is 9.84 Å². The van der Waals surface area contributed by atoms with Crippen molar-refractivity contribution < 1.29 is 13.2 Å². The van der Waals surface area contributed by atoms with E-state index < -0.39 is 9.84 Å². The predicted molar refractivity (Wildman–Crippen MR) is 91.9 cm³/mol. The Labute approximate surface area is 139 Å². The highest BCUT2D eigenvalue weighted by Gasteiger charge is 2.30. The van der Waals surface area contributed by atoms with Gasteiger partial charge in [0.05, 0.1) is 11.5 Å². The lowest BCUT2D eigenvalue weighted by Gasteiger charge is -2.29. The highest BCUT2D eigenvalue weighted by Crippen LogP contribution is 2.22. The van der Waals surface area contributed by atoms with Gasteiger partial charge in [-0.15, -0.1) is 0 Å². The first-order chi connectivity index (χ1) is 11.0. The molecule has 23 heavy (non-hydrogen) atoms. The van der Waals surface area contributed by atoms with E-state index in [4.69, 9.17) is 0 Å². The van der Waals surface area contributed by atoms with Crippen molar-refractivity contribution in [1.29, 1.82) is 0 Å². The molecule has 1 fully saturated rings. The number of benzene rings is 1. The zero-order valence-electron chi connectivity index (χ0n) is 13.9. The van der Waals surface area contributed by atoms with Gasteiger partial charge in [-0.25, -0.2) is 8.42 Å². The molecular formula is C17H26N2O3S. The van der Waals surface area contributed by atoms with E-state index >= 15 is 0 Å². The van der Waals surface area contributed by atoms with Crippen molar-refractivity contribution in [2.75, 3.05) is 31.1 Å². The third-order valence-corrected chi connectivity index (χ3v) is 6.27. The lowest BCUT2D eigenvalue weighted by atomic mass is 10.0. The van der Waals surface area contributed by atoms with E-state index in [2.05, 4.69) is 10.2 Å². The zero-order chi connectivity index (χ0) is 16.9. The third-order valence-electron chi connectivity index (χ3n) is 4.43. The van der Waals surface area contributed by atoms with E-state index in [1.54, 1.807) is 0 Å². The van der Waals surface area contributed by atoms with E-state index in [1.165, 1.54) is 0 Å². The molecule has 1 aliphatic heterocycles. The SMILES string of the molecule is CCN(CC)C(C(=O)NCC1CCS(=O)(=O)C1)c1ccccc1. The first kappa shape index (κ1) is 17.9. The fourth-order valence-corrected chi connectivity index (χ4v) is 4.99. The van der Waals surface area contributed by atoms with Gasteiger partial charge >= 0.3 is 0 Å². The highest BCUT2D eigenvalue weighted by molar-refractivity contribution is 7.91. The maximum absolute atomic E-state index is 12.7. The summed E-state index contributed by atoms with van der Waals surface area (Å²) in [6.45, 7) is 6.07. The average Bonchev–Trinajstić information content (AvgIpc) is 2.90. The molecule has 1 saturated heterocycles. The second-order valence-corrected chi connectivity index (χ2v) is 8.28. The minimum atomic E-state index is -2.90. The van der Waals surface area contributed by atoms with Crippen LogP contribution < -0.4 is 5.32 Å². The van der Waals surface area contributed by atoms with E-state index in [1.807, 2.05) is 44.2 Å². The Hall–Kier alpha value is -1.40. The lowest BCUT2D eigenvalue weighted by molar-refractivity contribution is -0.126. The maximum Gasteiger partial charge on any atom is 0.241 e. The molecule has 5 nitrogen and oxygen atoms in total. The van der Waals surface area contributed by atoms with Gasteiger partial charge in [0.1, 0.15) is 6.04 Å². The predicted octanol–water partition coefficient (Wildman–Crippen LogP) is 1.62. The van der Waals surface area contributed by atoms with Gasteiger partial charge in [-0.2, -0.15) is 0 Å². The van der Waals surface area contributed by atoms with Crippen molar-refractivity contribution in [3.63, 3.8) is 0 Å². The molecule has 6 heteroatoms. The van der Waals surface area contributed by atoms with Gasteiger partial charge in [-0.1, -0.05) is 44.2 Å². The third kappa shape index (κ3) is 4.78. The number of hydrogen-bond acceptors (Lipinski definition) is 4. The largest absolute Gasteiger partial charge is 0.354 e. The number of carbonyl (C=O) groups excluding carboxylic acids is 1. The number of hydrogen-bond donors (Lipinski definition) is 1. The van der Waals surface area contributed by atoms with E-state index in [0.717, 1.165) is 18.7 Å². The molecule has 1 aliphatic rings. The molecule has 0 radical (unpaired) electrons. The van der Waals surface area contributed by atoms with E-state index in [0.29, 0.717) is 13.0 Å². The summed E-state index contributed by atoms with van der Waals surface area (Å²) in [6, 6.07) is 9.39. The molecule has 0 saturated carbocycles. The highest BCUT2D eigenvalue weighted by atomic mass is 32.2. The van der Waals surface area contributed by atoms with Crippen LogP contribution in [-0.2, 0) is 14.6 Å². The second kappa shape index (κ2) is 7.93. The lowest BCUT2D eigenvalue weighted by Crippen LogP contribution is -2.42.